The molecule has 6 rings (SSSR count). The van der Waals surface area contributed by atoms with Gasteiger partial charge in [-0.15, -0.1) is 0 Å². The van der Waals surface area contributed by atoms with Crippen molar-refractivity contribution in [1.29, 1.82) is 5.26 Å². The Bertz CT molecular complexity index is 1980. The Morgan fingerprint density at radius 3 is 2.45 bits per heavy atom. The lowest BCUT2D eigenvalue weighted by Gasteiger charge is -2.37. The first-order valence-electron chi connectivity index (χ1n) is 15.0. The summed E-state index contributed by atoms with van der Waals surface area (Å²) in [5.74, 6) is 0.492. The van der Waals surface area contributed by atoms with E-state index in [1.807, 2.05) is 25.4 Å². The molecule has 47 heavy (non-hydrogen) atoms. The molecule has 0 radical (unpaired) electrons. The second-order valence-electron chi connectivity index (χ2n) is 12.2. The Hall–Kier alpha value is -5.48. The van der Waals surface area contributed by atoms with Crippen molar-refractivity contribution in [1.82, 2.24) is 39.6 Å². The Kier molecular flexibility index (Phi) is 8.53. The van der Waals surface area contributed by atoms with Gasteiger partial charge in [0.1, 0.15) is 34.6 Å². The molecule has 5 heterocycles. The number of alkyl carbamates (subject to hydrolysis) is 1. The third-order valence-corrected chi connectivity index (χ3v) is 7.88. The fourth-order valence-corrected chi connectivity index (χ4v) is 5.64. The fraction of sp³-hybridized carbons (Fsp3) is 0.303. The second kappa shape index (κ2) is 12.7. The number of carbonyl (C=O) groups is 2. The first-order valence-corrected chi connectivity index (χ1v) is 15.4. The molecule has 1 aliphatic rings. The monoisotopic (exact) mass is 652 g/mol. The van der Waals surface area contributed by atoms with Crippen LogP contribution in [0.5, 0.6) is 0 Å². The summed E-state index contributed by atoms with van der Waals surface area (Å²) in [6.07, 6.45) is 7.94. The van der Waals surface area contributed by atoms with Crippen LogP contribution in [0.2, 0.25) is 5.02 Å². The van der Waals surface area contributed by atoms with E-state index in [1.54, 1.807) is 77.7 Å². The predicted molar refractivity (Wildman–Crippen MR) is 175 cm³/mol. The van der Waals surface area contributed by atoms with E-state index in [1.165, 1.54) is 6.20 Å². The third-order valence-electron chi connectivity index (χ3n) is 7.64. The van der Waals surface area contributed by atoms with Crippen LogP contribution in [0.15, 0.2) is 67.4 Å². The second-order valence-corrected chi connectivity index (χ2v) is 12.6. The highest BCUT2D eigenvalue weighted by molar-refractivity contribution is 6.30. The van der Waals surface area contributed by atoms with Gasteiger partial charge in [-0.1, -0.05) is 23.7 Å². The number of hydrogen-bond donors (Lipinski definition) is 1. The maximum absolute atomic E-state index is 13.8. The summed E-state index contributed by atoms with van der Waals surface area (Å²) >= 11 is 6.23. The van der Waals surface area contributed by atoms with Crippen molar-refractivity contribution in [3.63, 3.8) is 0 Å². The van der Waals surface area contributed by atoms with Gasteiger partial charge in [-0.2, -0.15) is 15.5 Å². The van der Waals surface area contributed by atoms with E-state index in [9.17, 15) is 14.9 Å². The van der Waals surface area contributed by atoms with Crippen LogP contribution in [0, 0.1) is 11.3 Å². The molecular formula is C33H33ClN10O3. The Morgan fingerprint density at radius 2 is 1.81 bits per heavy atom. The van der Waals surface area contributed by atoms with E-state index in [0.717, 1.165) is 16.9 Å². The highest BCUT2D eigenvalue weighted by Crippen LogP contribution is 2.30. The number of benzene rings is 1. The van der Waals surface area contributed by atoms with Crippen molar-refractivity contribution in [3.8, 4) is 28.6 Å². The molecule has 0 saturated carbocycles. The number of ether oxygens (including phenoxy) is 1. The number of carbonyl (C=O) groups excluding carboxylic acids is 2. The number of amides is 2. The van der Waals surface area contributed by atoms with Gasteiger partial charge in [0.15, 0.2) is 0 Å². The number of pyridine rings is 1. The fourth-order valence-electron chi connectivity index (χ4n) is 5.44. The van der Waals surface area contributed by atoms with Crippen LogP contribution in [-0.2, 0) is 16.6 Å². The SMILES string of the molecule is Cn1cc(-c2cn3ncc(C#N)c3c(-c3ccc(N4CCN(C(=O)C(NC(=O)OC(C)(C)C)c5cccc(Cl)c5)CC4)nc3)n2)cn1. The largest absolute Gasteiger partial charge is 0.444 e. The zero-order valence-electron chi connectivity index (χ0n) is 26.4. The minimum Gasteiger partial charge on any atom is -0.444 e. The van der Waals surface area contributed by atoms with Gasteiger partial charge in [-0.3, -0.25) is 9.48 Å². The van der Waals surface area contributed by atoms with Gasteiger partial charge in [0.2, 0.25) is 5.91 Å². The van der Waals surface area contributed by atoms with Crippen molar-refractivity contribution < 1.29 is 14.3 Å². The quantitative estimate of drug-likeness (QED) is 0.277. The normalized spacial score (nSPS) is 14.1. The molecule has 14 heteroatoms. The Balaban J connectivity index is 1.19. The van der Waals surface area contributed by atoms with Crippen LogP contribution in [0.4, 0.5) is 10.6 Å². The topological polar surface area (TPSA) is 147 Å². The highest BCUT2D eigenvalue weighted by atomic mass is 35.5. The average Bonchev–Trinajstić information content (AvgIpc) is 3.68. The van der Waals surface area contributed by atoms with Gasteiger partial charge in [-0.25, -0.2) is 19.3 Å². The molecule has 240 valence electrons. The maximum Gasteiger partial charge on any atom is 0.408 e. The maximum atomic E-state index is 13.8. The number of nitrogens with zero attached hydrogens (tertiary/aromatic N) is 9. The molecule has 5 aromatic rings. The molecule has 2 amide bonds. The van der Waals surface area contributed by atoms with Crippen molar-refractivity contribution in [2.24, 2.45) is 7.05 Å². The molecular weight excluding hydrogens is 620 g/mol. The summed E-state index contributed by atoms with van der Waals surface area (Å²) in [7, 11) is 1.83. The van der Waals surface area contributed by atoms with E-state index >= 15 is 0 Å². The van der Waals surface area contributed by atoms with E-state index in [0.29, 0.717) is 59.2 Å². The van der Waals surface area contributed by atoms with Crippen LogP contribution >= 0.6 is 11.6 Å². The number of rotatable bonds is 6. The summed E-state index contributed by atoms with van der Waals surface area (Å²) in [4.78, 5) is 39.9. The van der Waals surface area contributed by atoms with Gasteiger partial charge >= 0.3 is 6.09 Å². The van der Waals surface area contributed by atoms with E-state index in [4.69, 9.17) is 26.3 Å². The molecule has 1 aromatic carbocycles. The van der Waals surface area contributed by atoms with Gasteiger partial charge in [0, 0.05) is 61.8 Å². The lowest BCUT2D eigenvalue weighted by Crippen LogP contribution is -2.52. The van der Waals surface area contributed by atoms with Crippen molar-refractivity contribution in [2.75, 3.05) is 31.1 Å². The van der Waals surface area contributed by atoms with Crippen molar-refractivity contribution in [3.05, 3.63) is 83.5 Å². The number of nitriles is 1. The van der Waals surface area contributed by atoms with E-state index in [-0.39, 0.29) is 5.91 Å². The van der Waals surface area contributed by atoms with Gasteiger partial charge in [-0.05, 0) is 50.6 Å². The molecule has 1 saturated heterocycles. The molecule has 1 fully saturated rings. The lowest BCUT2D eigenvalue weighted by molar-refractivity contribution is -0.134. The Labute approximate surface area is 276 Å². The molecule has 13 nitrogen and oxygen atoms in total. The summed E-state index contributed by atoms with van der Waals surface area (Å²) in [6.45, 7) is 7.21. The number of anilines is 1. The summed E-state index contributed by atoms with van der Waals surface area (Å²) < 4.78 is 8.79. The van der Waals surface area contributed by atoms with Gasteiger partial charge < -0.3 is 19.9 Å². The van der Waals surface area contributed by atoms with Gasteiger partial charge in [0.25, 0.3) is 0 Å². The predicted octanol–water partition coefficient (Wildman–Crippen LogP) is 4.63. The number of nitrogens with one attached hydrogen (secondary N) is 1. The van der Waals surface area contributed by atoms with Crippen molar-refractivity contribution in [2.45, 2.75) is 32.4 Å². The zero-order chi connectivity index (χ0) is 33.3. The molecule has 0 bridgehead atoms. The van der Waals surface area contributed by atoms with Crippen LogP contribution in [0.3, 0.4) is 0 Å². The van der Waals surface area contributed by atoms with E-state index < -0.39 is 17.7 Å². The average molecular weight is 653 g/mol. The summed E-state index contributed by atoms with van der Waals surface area (Å²) in [5, 5.41) is 21.6. The van der Waals surface area contributed by atoms with Crippen LogP contribution in [0.25, 0.3) is 28.0 Å². The molecule has 1 N–H and O–H groups in total. The Morgan fingerprint density at radius 1 is 1.02 bits per heavy atom. The van der Waals surface area contributed by atoms with E-state index in [2.05, 4.69) is 26.5 Å². The van der Waals surface area contributed by atoms with Crippen LogP contribution in [-0.4, -0.2) is 78.0 Å². The number of fused-ring (bicyclic) bond motifs is 1. The zero-order valence-corrected chi connectivity index (χ0v) is 27.1. The first-order chi connectivity index (χ1) is 22.5. The van der Waals surface area contributed by atoms with Crippen molar-refractivity contribution >= 4 is 34.9 Å². The molecule has 0 spiro atoms. The highest BCUT2D eigenvalue weighted by Gasteiger charge is 2.32. The minimum atomic E-state index is -0.957. The van der Waals surface area contributed by atoms with Crippen LogP contribution in [0.1, 0.15) is 37.9 Å². The molecule has 1 aliphatic heterocycles. The molecule has 1 atom stereocenters. The summed E-state index contributed by atoms with van der Waals surface area (Å²) in [6, 6.07) is 12.0. The van der Waals surface area contributed by atoms with Crippen LogP contribution < -0.4 is 10.2 Å². The lowest BCUT2D eigenvalue weighted by atomic mass is 10.1. The number of aromatic nitrogens is 6. The third kappa shape index (κ3) is 6.87. The standard InChI is InChI=1S/C33H33ClN10O3/c1-33(2,3)47-32(46)40-29(21-6-5-7-25(34)14-21)31(45)43-12-10-42(11-13-43)27-9-8-22(16-36-27)28-30-23(15-35)17-38-44(30)20-26(39-28)24-18-37-41(4)19-24/h5-9,14,16-20,29H,10-13H2,1-4H3,(H,40,46). The number of halogens is 1. The molecule has 0 aliphatic carbocycles. The summed E-state index contributed by atoms with van der Waals surface area (Å²) in [5.41, 5.74) is 3.65. The first kappa shape index (κ1) is 31.5. The number of hydrogen-bond acceptors (Lipinski definition) is 9. The number of piperazine rings is 1. The molecule has 4 aromatic heterocycles. The molecule has 1 unspecified atom stereocenters. The smallest absolute Gasteiger partial charge is 0.408 e. The van der Waals surface area contributed by atoms with Gasteiger partial charge in [0.05, 0.1) is 30.0 Å². The number of aryl methyl sites for hydroxylation is 1. The minimum absolute atomic E-state index is 0.251.